The average Bonchev–Trinajstić information content (AvgIpc) is 3.35. The van der Waals surface area contributed by atoms with Crippen molar-refractivity contribution in [3.8, 4) is 11.1 Å². The zero-order valence-electron chi connectivity index (χ0n) is 23.3. The number of pyridine rings is 1. The number of ether oxygens (including phenoxy) is 2. The van der Waals surface area contributed by atoms with Gasteiger partial charge in [0.25, 0.3) is 0 Å². The number of hydrogen-bond donors (Lipinski definition) is 2. The number of carbonyl (C=O) groups is 2. The van der Waals surface area contributed by atoms with Crippen molar-refractivity contribution in [3.63, 3.8) is 0 Å². The van der Waals surface area contributed by atoms with Crippen molar-refractivity contribution in [1.82, 2.24) is 29.6 Å². The Morgan fingerprint density at radius 1 is 0.976 bits per heavy atom. The first-order valence-corrected chi connectivity index (χ1v) is 14.5. The van der Waals surface area contributed by atoms with Crippen LogP contribution in [-0.2, 0) is 22.4 Å². The Morgan fingerprint density at radius 2 is 1.80 bits per heavy atom. The predicted molar refractivity (Wildman–Crippen MR) is 152 cm³/mol. The number of carboxylic acid groups (broad SMARTS) is 1. The number of rotatable bonds is 3. The van der Waals surface area contributed by atoms with Gasteiger partial charge in [-0.3, -0.25) is 9.80 Å². The molecule has 3 saturated heterocycles. The highest BCUT2D eigenvalue weighted by molar-refractivity contribution is 5.85. The molecular formula is C30H36N6O5. The molecule has 2 N–H and O–H groups in total. The van der Waals surface area contributed by atoms with E-state index in [2.05, 4.69) is 40.0 Å². The second-order valence-corrected chi connectivity index (χ2v) is 11.5. The van der Waals surface area contributed by atoms with Gasteiger partial charge in [0.1, 0.15) is 5.65 Å². The van der Waals surface area contributed by atoms with Crippen LogP contribution in [0.15, 0.2) is 30.6 Å². The van der Waals surface area contributed by atoms with Crippen LogP contribution in [-0.4, -0.2) is 119 Å². The molecule has 7 rings (SSSR count). The van der Waals surface area contributed by atoms with E-state index < -0.39 is 12.1 Å². The molecule has 4 aliphatic heterocycles. The maximum absolute atomic E-state index is 13.7. The van der Waals surface area contributed by atoms with Gasteiger partial charge < -0.3 is 29.4 Å². The lowest BCUT2D eigenvalue weighted by Gasteiger charge is -2.44. The molecule has 41 heavy (non-hydrogen) atoms. The summed E-state index contributed by atoms with van der Waals surface area (Å²) in [7, 11) is 0. The molecule has 3 amide bonds. The van der Waals surface area contributed by atoms with Gasteiger partial charge in [-0.15, -0.1) is 0 Å². The van der Waals surface area contributed by atoms with Crippen LogP contribution in [0, 0.1) is 6.92 Å². The third-order valence-corrected chi connectivity index (χ3v) is 9.17. The fraction of sp³-hybridized carbons (Fsp3) is 0.500. The van der Waals surface area contributed by atoms with E-state index in [-0.39, 0.29) is 12.6 Å². The van der Waals surface area contributed by atoms with E-state index in [1.165, 1.54) is 4.90 Å². The van der Waals surface area contributed by atoms with Gasteiger partial charge in [-0.05, 0) is 53.3 Å². The number of aromatic nitrogens is 2. The topological polar surface area (TPSA) is 114 Å². The first-order valence-electron chi connectivity index (χ1n) is 14.5. The van der Waals surface area contributed by atoms with Crippen molar-refractivity contribution < 1.29 is 24.2 Å². The molecule has 0 saturated carbocycles. The van der Waals surface area contributed by atoms with E-state index in [0.29, 0.717) is 51.8 Å². The summed E-state index contributed by atoms with van der Waals surface area (Å²) in [6, 6.07) is 6.52. The highest BCUT2D eigenvalue weighted by Gasteiger charge is 2.36. The van der Waals surface area contributed by atoms with Crippen LogP contribution in [0.5, 0.6) is 0 Å². The van der Waals surface area contributed by atoms with Crippen molar-refractivity contribution in [2.75, 3.05) is 65.7 Å². The van der Waals surface area contributed by atoms with E-state index >= 15 is 0 Å². The molecule has 2 aromatic heterocycles. The van der Waals surface area contributed by atoms with Crippen molar-refractivity contribution in [2.24, 2.45) is 0 Å². The summed E-state index contributed by atoms with van der Waals surface area (Å²) in [6.45, 7) is 8.84. The van der Waals surface area contributed by atoms with Crippen LogP contribution < -0.4 is 0 Å². The maximum atomic E-state index is 13.7. The molecule has 11 heteroatoms. The van der Waals surface area contributed by atoms with E-state index in [9.17, 15) is 14.7 Å². The van der Waals surface area contributed by atoms with Crippen molar-refractivity contribution in [3.05, 3.63) is 52.8 Å². The van der Waals surface area contributed by atoms with Crippen LogP contribution in [0.4, 0.5) is 9.59 Å². The maximum Gasteiger partial charge on any atom is 0.407 e. The molecule has 4 aliphatic rings. The minimum absolute atomic E-state index is 0.0581. The van der Waals surface area contributed by atoms with Gasteiger partial charge in [-0.2, -0.15) is 0 Å². The van der Waals surface area contributed by atoms with Crippen LogP contribution in [0.3, 0.4) is 0 Å². The fourth-order valence-corrected chi connectivity index (χ4v) is 6.62. The monoisotopic (exact) mass is 560 g/mol. The summed E-state index contributed by atoms with van der Waals surface area (Å²) in [5.41, 5.74) is 7.05. The minimum atomic E-state index is -0.957. The Labute approximate surface area is 238 Å². The van der Waals surface area contributed by atoms with Crippen LogP contribution in [0.25, 0.3) is 22.2 Å². The quantitative estimate of drug-likeness (QED) is 0.506. The number of aromatic amines is 1. The van der Waals surface area contributed by atoms with Gasteiger partial charge in [-0.1, -0.05) is 6.07 Å². The fourth-order valence-electron chi connectivity index (χ4n) is 6.62. The Hall–Kier alpha value is -3.67. The lowest BCUT2D eigenvalue weighted by Crippen LogP contribution is -2.59. The Morgan fingerprint density at radius 3 is 2.56 bits per heavy atom. The summed E-state index contributed by atoms with van der Waals surface area (Å²) in [6.07, 6.45) is 3.57. The summed E-state index contributed by atoms with van der Waals surface area (Å²) >= 11 is 0. The lowest BCUT2D eigenvalue weighted by molar-refractivity contribution is -0.0747. The zero-order valence-corrected chi connectivity index (χ0v) is 23.3. The Balaban J connectivity index is 1.20. The number of nitrogens with zero attached hydrogens (tertiary/aromatic N) is 5. The van der Waals surface area contributed by atoms with E-state index in [1.807, 2.05) is 22.2 Å². The molecule has 216 valence electrons. The third kappa shape index (κ3) is 4.81. The lowest BCUT2D eigenvalue weighted by atomic mass is 9.87. The molecule has 0 bridgehead atoms. The second kappa shape index (κ2) is 10.6. The van der Waals surface area contributed by atoms with Gasteiger partial charge in [0.05, 0.1) is 38.5 Å². The number of urea groups is 1. The summed E-state index contributed by atoms with van der Waals surface area (Å²) in [5.74, 6) is 0. The zero-order chi connectivity index (χ0) is 28.1. The molecule has 3 fully saturated rings. The molecule has 6 heterocycles. The average molecular weight is 561 g/mol. The number of nitrogens with one attached hydrogen (secondary N) is 1. The van der Waals surface area contributed by atoms with Crippen molar-refractivity contribution in [2.45, 2.75) is 32.0 Å². The van der Waals surface area contributed by atoms with Crippen molar-refractivity contribution in [1.29, 1.82) is 0 Å². The number of amides is 3. The molecule has 1 unspecified atom stereocenters. The van der Waals surface area contributed by atoms with Crippen LogP contribution in [0.2, 0.25) is 0 Å². The van der Waals surface area contributed by atoms with Gasteiger partial charge in [-0.25, -0.2) is 14.6 Å². The molecular weight excluding hydrogens is 524 g/mol. The highest BCUT2D eigenvalue weighted by atomic mass is 16.5. The molecule has 1 atom stereocenters. The molecule has 0 aliphatic carbocycles. The first kappa shape index (κ1) is 26.2. The van der Waals surface area contributed by atoms with Gasteiger partial charge >= 0.3 is 12.1 Å². The Bertz CT molecular complexity index is 1480. The third-order valence-electron chi connectivity index (χ3n) is 9.17. The highest BCUT2D eigenvalue weighted by Crippen LogP contribution is 2.37. The number of benzene rings is 1. The van der Waals surface area contributed by atoms with Crippen molar-refractivity contribution >= 4 is 23.2 Å². The smallest absolute Gasteiger partial charge is 0.407 e. The summed E-state index contributed by atoms with van der Waals surface area (Å²) in [4.78, 5) is 41.6. The van der Waals surface area contributed by atoms with Gasteiger partial charge in [0, 0.05) is 69.2 Å². The van der Waals surface area contributed by atoms with Crippen LogP contribution >= 0.6 is 0 Å². The van der Waals surface area contributed by atoms with E-state index in [1.54, 1.807) is 0 Å². The Kier molecular flexibility index (Phi) is 6.80. The standard InChI is InChI=1S/C30H36N6O5/c1-19-13-31-28-24(19)12-22(14-32-28)21-10-20-2-3-35(29(37)34-6-4-33(5-7-34)23-16-41-17-23)15-26(20)25(11-21)27-18-40-9-8-36(27)30(38)39/h10-14,23,27H,2-9,15-18H2,1H3,(H,31,32)(H,38,39). The minimum Gasteiger partial charge on any atom is -0.465 e. The summed E-state index contributed by atoms with van der Waals surface area (Å²) < 4.78 is 11.2. The van der Waals surface area contributed by atoms with Gasteiger partial charge in [0.15, 0.2) is 0 Å². The number of fused-ring (bicyclic) bond motifs is 2. The SMILES string of the molecule is Cc1c[nH]c2ncc(-c3cc4c(c(C5COCCN5C(=O)O)c3)CN(C(=O)N3CCN(C5COC5)CC3)CC4)cc12. The number of aryl methyl sites for hydroxylation is 1. The predicted octanol–water partition coefficient (Wildman–Crippen LogP) is 3.08. The normalized spacial score (nSPS) is 22.1. The number of piperazine rings is 1. The van der Waals surface area contributed by atoms with Crippen LogP contribution in [0.1, 0.15) is 28.3 Å². The van der Waals surface area contributed by atoms with E-state index in [4.69, 9.17) is 9.47 Å². The largest absolute Gasteiger partial charge is 0.465 e. The number of H-pyrrole nitrogens is 1. The number of morpholine rings is 1. The molecule has 1 aromatic carbocycles. The molecule has 3 aromatic rings. The molecule has 11 nitrogen and oxygen atoms in total. The molecule has 0 radical (unpaired) electrons. The number of carbonyl (C=O) groups excluding carboxylic acids is 1. The van der Waals surface area contributed by atoms with E-state index in [0.717, 1.165) is 70.7 Å². The first-order chi connectivity index (χ1) is 20.0. The second-order valence-electron chi connectivity index (χ2n) is 11.5. The van der Waals surface area contributed by atoms with Gasteiger partial charge in [0.2, 0.25) is 0 Å². The molecule has 0 spiro atoms. The summed E-state index contributed by atoms with van der Waals surface area (Å²) in [5, 5.41) is 11.1. The number of hydrogen-bond acceptors (Lipinski definition) is 6.